The lowest BCUT2D eigenvalue weighted by Crippen LogP contribution is -2.39. The second-order valence-electron chi connectivity index (χ2n) is 5.93. The monoisotopic (exact) mass is 284 g/mol. The molecule has 1 atom stereocenters. The third-order valence-corrected chi connectivity index (χ3v) is 4.51. The molecule has 4 nitrogen and oxygen atoms in total. The highest BCUT2D eigenvalue weighted by Crippen LogP contribution is 2.22. The van der Waals surface area contributed by atoms with E-state index in [1.807, 2.05) is 18.6 Å². The lowest BCUT2D eigenvalue weighted by Gasteiger charge is -2.36. The second kappa shape index (κ2) is 6.85. The molecule has 0 saturated carbocycles. The number of aromatic nitrogens is 3. The Morgan fingerprint density at radius 3 is 2.81 bits per heavy atom. The minimum atomic E-state index is 0.689. The molecular weight excluding hydrogens is 260 g/mol. The number of nitrogens with zero attached hydrogens (tertiary/aromatic N) is 4. The van der Waals surface area contributed by atoms with E-state index in [0.29, 0.717) is 6.04 Å². The Bertz CT molecular complexity index is 549. The number of imidazole rings is 1. The minimum Gasteiger partial charge on any atom is -0.335 e. The molecular formula is C17H24N4. The van der Waals surface area contributed by atoms with Gasteiger partial charge in [-0.05, 0) is 50.4 Å². The van der Waals surface area contributed by atoms with Crippen LogP contribution in [0.2, 0.25) is 0 Å². The standard InChI is InChI=1S/C17H24N4/c1-15-19-10-13-20(15)12-7-17-4-2-3-11-21(17)14-16-5-8-18-9-6-16/h5-6,8-10,13,17H,2-4,7,11-12,14H2,1H3/t17-/m0/s1. The van der Waals surface area contributed by atoms with Gasteiger partial charge in [0, 0.05) is 43.9 Å². The Labute approximate surface area is 126 Å². The molecule has 0 radical (unpaired) electrons. The number of piperidine rings is 1. The maximum Gasteiger partial charge on any atom is 0.105 e. The summed E-state index contributed by atoms with van der Waals surface area (Å²) < 4.78 is 2.26. The van der Waals surface area contributed by atoms with E-state index in [-0.39, 0.29) is 0 Å². The largest absolute Gasteiger partial charge is 0.335 e. The summed E-state index contributed by atoms with van der Waals surface area (Å²) in [5, 5.41) is 0. The lowest BCUT2D eigenvalue weighted by molar-refractivity contribution is 0.128. The van der Waals surface area contributed by atoms with Gasteiger partial charge in [0.2, 0.25) is 0 Å². The molecule has 0 bridgehead atoms. The van der Waals surface area contributed by atoms with E-state index in [4.69, 9.17) is 0 Å². The van der Waals surface area contributed by atoms with Gasteiger partial charge in [-0.3, -0.25) is 9.88 Å². The van der Waals surface area contributed by atoms with Crippen LogP contribution in [0.1, 0.15) is 37.1 Å². The molecule has 1 saturated heterocycles. The second-order valence-corrected chi connectivity index (χ2v) is 5.93. The van der Waals surface area contributed by atoms with Crippen molar-refractivity contribution in [2.24, 2.45) is 0 Å². The maximum absolute atomic E-state index is 4.31. The number of likely N-dealkylation sites (tertiary alicyclic amines) is 1. The van der Waals surface area contributed by atoms with Crippen molar-refractivity contribution >= 4 is 0 Å². The van der Waals surface area contributed by atoms with Crippen molar-refractivity contribution in [1.82, 2.24) is 19.4 Å². The first-order valence-electron chi connectivity index (χ1n) is 7.93. The van der Waals surface area contributed by atoms with Gasteiger partial charge in [-0.15, -0.1) is 0 Å². The topological polar surface area (TPSA) is 34.0 Å². The zero-order chi connectivity index (χ0) is 14.5. The summed E-state index contributed by atoms with van der Waals surface area (Å²) in [5.41, 5.74) is 1.37. The fourth-order valence-corrected chi connectivity index (χ4v) is 3.25. The highest BCUT2D eigenvalue weighted by Gasteiger charge is 2.22. The van der Waals surface area contributed by atoms with Crippen molar-refractivity contribution < 1.29 is 0 Å². The van der Waals surface area contributed by atoms with E-state index in [1.165, 1.54) is 37.8 Å². The van der Waals surface area contributed by atoms with Crippen molar-refractivity contribution in [3.63, 3.8) is 0 Å². The fraction of sp³-hybridized carbons (Fsp3) is 0.529. The van der Waals surface area contributed by atoms with Crippen molar-refractivity contribution in [1.29, 1.82) is 0 Å². The van der Waals surface area contributed by atoms with E-state index >= 15 is 0 Å². The first-order valence-corrected chi connectivity index (χ1v) is 7.93. The van der Waals surface area contributed by atoms with Gasteiger partial charge >= 0.3 is 0 Å². The quantitative estimate of drug-likeness (QED) is 0.846. The molecule has 1 fully saturated rings. The number of rotatable bonds is 5. The Morgan fingerprint density at radius 1 is 1.19 bits per heavy atom. The normalized spacial score (nSPS) is 19.8. The first kappa shape index (κ1) is 14.3. The highest BCUT2D eigenvalue weighted by molar-refractivity contribution is 5.09. The molecule has 3 rings (SSSR count). The summed E-state index contributed by atoms with van der Waals surface area (Å²) in [6.07, 6.45) is 13.0. The predicted octanol–water partition coefficient (Wildman–Crippen LogP) is 3.03. The Kier molecular flexibility index (Phi) is 4.65. The van der Waals surface area contributed by atoms with Crippen LogP contribution in [0, 0.1) is 6.92 Å². The summed E-state index contributed by atoms with van der Waals surface area (Å²) in [6, 6.07) is 4.95. The van der Waals surface area contributed by atoms with Crippen LogP contribution in [-0.2, 0) is 13.1 Å². The SMILES string of the molecule is Cc1nccn1CC[C@@H]1CCCCN1Cc1ccncc1. The number of pyridine rings is 1. The van der Waals surface area contributed by atoms with Gasteiger partial charge in [0.25, 0.3) is 0 Å². The molecule has 3 heterocycles. The summed E-state index contributed by atoms with van der Waals surface area (Å²) in [4.78, 5) is 11.1. The van der Waals surface area contributed by atoms with Crippen molar-refractivity contribution in [2.75, 3.05) is 6.54 Å². The van der Waals surface area contributed by atoms with Crippen LogP contribution < -0.4 is 0 Å². The van der Waals surface area contributed by atoms with Crippen molar-refractivity contribution in [3.8, 4) is 0 Å². The summed E-state index contributed by atoms with van der Waals surface area (Å²) in [6.45, 7) is 5.42. The predicted molar refractivity (Wildman–Crippen MR) is 83.9 cm³/mol. The number of hydrogen-bond acceptors (Lipinski definition) is 3. The molecule has 0 amide bonds. The van der Waals surface area contributed by atoms with E-state index in [0.717, 1.165) is 18.9 Å². The van der Waals surface area contributed by atoms with Gasteiger partial charge < -0.3 is 4.57 Å². The average molecular weight is 284 g/mol. The number of hydrogen-bond donors (Lipinski definition) is 0. The van der Waals surface area contributed by atoms with Gasteiger partial charge in [-0.1, -0.05) is 6.42 Å². The van der Waals surface area contributed by atoms with E-state index < -0.39 is 0 Å². The molecule has 1 aliphatic rings. The van der Waals surface area contributed by atoms with Gasteiger partial charge in [-0.2, -0.15) is 0 Å². The summed E-state index contributed by atoms with van der Waals surface area (Å²) in [7, 11) is 0. The van der Waals surface area contributed by atoms with Crippen LogP contribution in [0.15, 0.2) is 36.9 Å². The van der Waals surface area contributed by atoms with Crippen LogP contribution in [0.4, 0.5) is 0 Å². The van der Waals surface area contributed by atoms with Gasteiger partial charge in [0.15, 0.2) is 0 Å². The van der Waals surface area contributed by atoms with E-state index in [2.05, 4.69) is 44.7 Å². The van der Waals surface area contributed by atoms with Gasteiger partial charge in [0.05, 0.1) is 0 Å². The van der Waals surface area contributed by atoms with Crippen molar-refractivity contribution in [3.05, 3.63) is 48.3 Å². The molecule has 2 aromatic heterocycles. The van der Waals surface area contributed by atoms with Crippen LogP contribution >= 0.6 is 0 Å². The van der Waals surface area contributed by atoms with E-state index in [9.17, 15) is 0 Å². The van der Waals surface area contributed by atoms with E-state index in [1.54, 1.807) is 0 Å². The molecule has 0 aromatic carbocycles. The zero-order valence-electron chi connectivity index (χ0n) is 12.8. The van der Waals surface area contributed by atoms with Gasteiger partial charge in [-0.25, -0.2) is 4.98 Å². The Hall–Kier alpha value is -1.68. The molecule has 2 aromatic rings. The molecule has 112 valence electrons. The minimum absolute atomic E-state index is 0.689. The fourth-order valence-electron chi connectivity index (χ4n) is 3.25. The van der Waals surface area contributed by atoms with Gasteiger partial charge in [0.1, 0.15) is 5.82 Å². The molecule has 4 heteroatoms. The zero-order valence-corrected chi connectivity index (χ0v) is 12.8. The molecule has 21 heavy (non-hydrogen) atoms. The van der Waals surface area contributed by atoms with Crippen LogP contribution in [0.5, 0.6) is 0 Å². The Balaban J connectivity index is 1.60. The Morgan fingerprint density at radius 2 is 2.05 bits per heavy atom. The molecule has 0 aliphatic carbocycles. The molecule has 1 aliphatic heterocycles. The van der Waals surface area contributed by atoms with Crippen molar-refractivity contribution in [2.45, 2.75) is 51.7 Å². The summed E-state index contributed by atoms with van der Waals surface area (Å²) in [5.74, 6) is 1.12. The number of aryl methyl sites for hydroxylation is 2. The highest BCUT2D eigenvalue weighted by atomic mass is 15.2. The smallest absolute Gasteiger partial charge is 0.105 e. The average Bonchev–Trinajstić information content (AvgIpc) is 2.93. The molecule has 0 spiro atoms. The van der Waals surface area contributed by atoms with Crippen LogP contribution in [0.25, 0.3) is 0 Å². The first-order chi connectivity index (χ1) is 10.3. The molecule has 0 N–H and O–H groups in total. The lowest BCUT2D eigenvalue weighted by atomic mass is 9.98. The maximum atomic E-state index is 4.31. The third-order valence-electron chi connectivity index (χ3n) is 4.51. The third kappa shape index (κ3) is 3.70. The summed E-state index contributed by atoms with van der Waals surface area (Å²) >= 11 is 0. The molecule has 0 unspecified atom stereocenters. The van der Waals surface area contributed by atoms with Crippen LogP contribution in [0.3, 0.4) is 0 Å². The van der Waals surface area contributed by atoms with Crippen LogP contribution in [-0.4, -0.2) is 32.0 Å².